The lowest BCUT2D eigenvalue weighted by Gasteiger charge is -2.08. The molecule has 0 spiro atoms. The number of hydrogen-bond acceptors (Lipinski definition) is 7. The quantitative estimate of drug-likeness (QED) is 0.451. The maximum atomic E-state index is 10.9. The van der Waals surface area contributed by atoms with E-state index in [1.807, 2.05) is 12.1 Å². The van der Waals surface area contributed by atoms with Crippen molar-refractivity contribution in [3.63, 3.8) is 0 Å². The van der Waals surface area contributed by atoms with Crippen molar-refractivity contribution in [2.24, 2.45) is 0 Å². The molecular weight excluding hydrogens is 406 g/mol. The number of halogens is 1. The van der Waals surface area contributed by atoms with Crippen LogP contribution in [0.4, 0.5) is 0 Å². The number of fused-ring (bicyclic) bond motifs is 1. The normalized spacial score (nSPS) is 11.2. The molecule has 0 unspecified atom stereocenters. The first-order valence-corrected chi connectivity index (χ1v) is 9.37. The summed E-state index contributed by atoms with van der Waals surface area (Å²) in [6, 6.07) is 11.9. The number of benzene rings is 1. The van der Waals surface area contributed by atoms with E-state index in [9.17, 15) is 10.2 Å². The molecule has 1 aromatic carbocycles. The third-order valence-electron chi connectivity index (χ3n) is 4.61. The number of hydrogen-bond donors (Lipinski definition) is 2. The van der Waals surface area contributed by atoms with Gasteiger partial charge >= 0.3 is 0 Å². The Labute approximate surface area is 175 Å². The standard InChI is InChI=1S/C21H14ClN5O3/c22-18-8-13(10-23-26-18)19-20-25-16(9-15-5-2-6-30-15)21(29)27(20)11-17(24-19)12-3-1-4-14(28)7-12/h1-8,10-11,28-29H,9H2. The van der Waals surface area contributed by atoms with Gasteiger partial charge in [-0.3, -0.25) is 4.40 Å². The summed E-state index contributed by atoms with van der Waals surface area (Å²) in [5.74, 6) is 0.752. The van der Waals surface area contributed by atoms with Gasteiger partial charge < -0.3 is 14.6 Å². The van der Waals surface area contributed by atoms with Gasteiger partial charge in [-0.2, -0.15) is 5.10 Å². The zero-order valence-corrected chi connectivity index (χ0v) is 16.2. The summed E-state index contributed by atoms with van der Waals surface area (Å²) in [5.41, 5.74) is 3.13. The molecule has 8 nitrogen and oxygen atoms in total. The van der Waals surface area contributed by atoms with Crippen LogP contribution < -0.4 is 0 Å². The second-order valence-electron chi connectivity index (χ2n) is 6.62. The van der Waals surface area contributed by atoms with Crippen LogP contribution in [0.5, 0.6) is 11.6 Å². The molecule has 0 aliphatic rings. The van der Waals surface area contributed by atoms with Crippen LogP contribution in [0, 0.1) is 0 Å². The van der Waals surface area contributed by atoms with Crippen molar-refractivity contribution >= 4 is 17.2 Å². The lowest BCUT2D eigenvalue weighted by atomic mass is 10.1. The monoisotopic (exact) mass is 419 g/mol. The van der Waals surface area contributed by atoms with Gasteiger partial charge in [0.2, 0.25) is 5.88 Å². The van der Waals surface area contributed by atoms with E-state index in [1.54, 1.807) is 47.2 Å². The molecule has 0 saturated heterocycles. The van der Waals surface area contributed by atoms with E-state index < -0.39 is 0 Å². The van der Waals surface area contributed by atoms with Crippen LogP contribution in [-0.4, -0.2) is 34.8 Å². The number of phenols is 1. The number of rotatable bonds is 4. The van der Waals surface area contributed by atoms with Crippen molar-refractivity contribution in [1.29, 1.82) is 0 Å². The molecule has 5 rings (SSSR count). The van der Waals surface area contributed by atoms with Crippen LogP contribution in [0.2, 0.25) is 5.15 Å². The SMILES string of the molecule is Oc1cccc(-c2cn3c(O)c(Cc4ccco4)nc3c(-c3cnnc(Cl)c3)n2)c1. The summed E-state index contributed by atoms with van der Waals surface area (Å²) < 4.78 is 6.94. The van der Waals surface area contributed by atoms with E-state index in [4.69, 9.17) is 21.0 Å². The number of nitrogens with zero attached hydrogens (tertiary/aromatic N) is 5. The molecular formula is C21H14ClN5O3. The van der Waals surface area contributed by atoms with Crippen LogP contribution >= 0.6 is 11.6 Å². The fourth-order valence-electron chi connectivity index (χ4n) is 3.25. The first-order valence-electron chi connectivity index (χ1n) is 9.00. The van der Waals surface area contributed by atoms with Crippen LogP contribution in [0.25, 0.3) is 28.2 Å². The Kier molecular flexibility index (Phi) is 4.33. The minimum absolute atomic E-state index is 0.0282. The van der Waals surface area contributed by atoms with Crippen LogP contribution in [0.3, 0.4) is 0 Å². The van der Waals surface area contributed by atoms with Crippen molar-refractivity contribution < 1.29 is 14.6 Å². The van der Waals surface area contributed by atoms with Crippen molar-refractivity contribution in [1.82, 2.24) is 24.6 Å². The maximum absolute atomic E-state index is 10.9. The third-order valence-corrected chi connectivity index (χ3v) is 4.80. The molecule has 0 fully saturated rings. The molecule has 4 heterocycles. The van der Waals surface area contributed by atoms with Gasteiger partial charge in [0.1, 0.15) is 22.9 Å². The molecule has 0 aliphatic carbocycles. The highest BCUT2D eigenvalue weighted by Crippen LogP contribution is 2.32. The lowest BCUT2D eigenvalue weighted by Crippen LogP contribution is -1.97. The minimum Gasteiger partial charge on any atom is -0.508 e. The summed E-state index contributed by atoms with van der Waals surface area (Å²) in [6.07, 6.45) is 5.08. The predicted molar refractivity (Wildman–Crippen MR) is 109 cm³/mol. The maximum Gasteiger partial charge on any atom is 0.219 e. The molecule has 30 heavy (non-hydrogen) atoms. The highest BCUT2D eigenvalue weighted by molar-refractivity contribution is 6.29. The zero-order valence-electron chi connectivity index (χ0n) is 15.4. The Morgan fingerprint density at radius 3 is 2.70 bits per heavy atom. The van der Waals surface area contributed by atoms with Crippen molar-refractivity contribution in [2.75, 3.05) is 0 Å². The van der Waals surface area contributed by atoms with Crippen LogP contribution in [0.1, 0.15) is 11.5 Å². The van der Waals surface area contributed by atoms with Gasteiger partial charge in [-0.15, -0.1) is 5.10 Å². The van der Waals surface area contributed by atoms with Crippen LogP contribution in [-0.2, 0) is 6.42 Å². The lowest BCUT2D eigenvalue weighted by molar-refractivity contribution is 0.438. The highest BCUT2D eigenvalue weighted by Gasteiger charge is 2.20. The average Bonchev–Trinajstić information content (AvgIpc) is 3.36. The molecule has 0 bridgehead atoms. The molecule has 5 aromatic rings. The van der Waals surface area contributed by atoms with Crippen LogP contribution in [0.15, 0.2) is 65.5 Å². The smallest absolute Gasteiger partial charge is 0.219 e. The predicted octanol–water partition coefficient (Wildman–Crippen LogP) is 4.10. The number of aromatic nitrogens is 5. The third kappa shape index (κ3) is 3.23. The molecule has 0 amide bonds. The Bertz CT molecular complexity index is 1360. The molecule has 4 aromatic heterocycles. The zero-order chi connectivity index (χ0) is 20.7. The van der Waals surface area contributed by atoms with E-state index in [-0.39, 0.29) is 16.8 Å². The van der Waals surface area contributed by atoms with E-state index >= 15 is 0 Å². The van der Waals surface area contributed by atoms with Gasteiger partial charge in [-0.25, -0.2) is 9.97 Å². The number of aromatic hydroxyl groups is 2. The molecule has 2 N–H and O–H groups in total. The average molecular weight is 420 g/mol. The van der Waals surface area contributed by atoms with Crippen molar-refractivity contribution in [3.8, 4) is 34.1 Å². The topological polar surface area (TPSA) is 110 Å². The van der Waals surface area contributed by atoms with Gasteiger partial charge in [0.05, 0.1) is 24.6 Å². The first kappa shape index (κ1) is 18.1. The minimum atomic E-state index is -0.0282. The molecule has 148 valence electrons. The number of phenolic OH excluding ortho intramolecular Hbond substituents is 1. The Hall–Kier alpha value is -3.91. The van der Waals surface area contributed by atoms with Gasteiger partial charge in [-0.1, -0.05) is 23.7 Å². The van der Waals surface area contributed by atoms with E-state index in [0.29, 0.717) is 46.0 Å². The number of imidazole rings is 1. The van der Waals surface area contributed by atoms with Gasteiger partial charge in [-0.05, 0) is 30.3 Å². The summed E-state index contributed by atoms with van der Waals surface area (Å²) in [5, 5.41) is 28.6. The summed E-state index contributed by atoms with van der Waals surface area (Å²) in [7, 11) is 0. The van der Waals surface area contributed by atoms with E-state index in [1.165, 1.54) is 6.20 Å². The van der Waals surface area contributed by atoms with Gasteiger partial charge in [0.25, 0.3) is 0 Å². The Balaban J connectivity index is 1.76. The fourth-order valence-corrected chi connectivity index (χ4v) is 3.41. The summed E-state index contributed by atoms with van der Waals surface area (Å²) >= 11 is 6.03. The summed E-state index contributed by atoms with van der Waals surface area (Å²) in [6.45, 7) is 0. The second-order valence-corrected chi connectivity index (χ2v) is 7.01. The Morgan fingerprint density at radius 2 is 1.93 bits per heavy atom. The van der Waals surface area contributed by atoms with E-state index in [2.05, 4.69) is 15.2 Å². The van der Waals surface area contributed by atoms with Gasteiger partial charge in [0.15, 0.2) is 10.8 Å². The fraction of sp³-hybridized carbons (Fsp3) is 0.0476. The van der Waals surface area contributed by atoms with Crippen molar-refractivity contribution in [2.45, 2.75) is 6.42 Å². The first-order chi connectivity index (χ1) is 14.6. The molecule has 0 radical (unpaired) electrons. The summed E-state index contributed by atoms with van der Waals surface area (Å²) in [4.78, 5) is 9.31. The molecule has 0 aliphatic heterocycles. The molecule has 0 saturated carbocycles. The Morgan fingerprint density at radius 1 is 1.03 bits per heavy atom. The molecule has 0 atom stereocenters. The largest absolute Gasteiger partial charge is 0.508 e. The second kappa shape index (κ2) is 7.16. The van der Waals surface area contributed by atoms with E-state index in [0.717, 1.165) is 0 Å². The highest BCUT2D eigenvalue weighted by atomic mass is 35.5. The molecule has 9 heteroatoms. The number of furan rings is 1. The van der Waals surface area contributed by atoms with Crippen molar-refractivity contribution in [3.05, 3.63) is 77.7 Å². The van der Waals surface area contributed by atoms with Gasteiger partial charge in [0, 0.05) is 17.3 Å².